The third kappa shape index (κ3) is 6.21. The Bertz CT molecular complexity index is 1050. The average Bonchev–Trinajstić information content (AvgIpc) is 2.79. The van der Waals surface area contributed by atoms with Gasteiger partial charge in [0.15, 0.2) is 11.5 Å². The highest BCUT2D eigenvalue weighted by atomic mass is 127. The molecule has 1 amide bonds. The molecule has 0 saturated heterocycles. The molecule has 0 bridgehead atoms. The molecule has 0 aliphatic carbocycles. The van der Waals surface area contributed by atoms with Crippen LogP contribution in [0.1, 0.15) is 28.4 Å². The summed E-state index contributed by atoms with van der Waals surface area (Å²) in [5.74, 6) is 1.45. The van der Waals surface area contributed by atoms with E-state index in [2.05, 4.69) is 33.1 Å². The van der Waals surface area contributed by atoms with Gasteiger partial charge in [0, 0.05) is 0 Å². The van der Waals surface area contributed by atoms with E-state index in [1.807, 2.05) is 49.4 Å². The maximum absolute atomic E-state index is 12.4. The standard InChI is InChI=1S/C24H23IN2O4/c1-3-30-22-14-18(13-20(25)23(22)31-16-17-9-5-4-6-10-17)15-26-27-24(28)19-11-7-8-12-21(19)29-2/h4-15H,3,16H2,1-2H3,(H,27,28)/b26-15-. The minimum Gasteiger partial charge on any atom is -0.496 e. The molecule has 0 saturated carbocycles. The summed E-state index contributed by atoms with van der Waals surface area (Å²) in [7, 11) is 1.52. The molecule has 3 rings (SSSR count). The van der Waals surface area contributed by atoms with Gasteiger partial charge in [-0.2, -0.15) is 5.10 Å². The fourth-order valence-corrected chi connectivity index (χ4v) is 3.63. The predicted molar refractivity (Wildman–Crippen MR) is 129 cm³/mol. The summed E-state index contributed by atoms with van der Waals surface area (Å²) in [4.78, 5) is 12.4. The lowest BCUT2D eigenvalue weighted by atomic mass is 10.2. The molecule has 6 nitrogen and oxygen atoms in total. The molecule has 1 N–H and O–H groups in total. The minimum atomic E-state index is -0.351. The maximum atomic E-state index is 12.4. The monoisotopic (exact) mass is 530 g/mol. The van der Waals surface area contributed by atoms with Crippen LogP contribution in [0.3, 0.4) is 0 Å². The first-order valence-corrected chi connectivity index (χ1v) is 10.8. The van der Waals surface area contributed by atoms with E-state index in [0.29, 0.717) is 36.0 Å². The van der Waals surface area contributed by atoms with Crippen LogP contribution < -0.4 is 19.6 Å². The summed E-state index contributed by atoms with van der Waals surface area (Å²) in [6, 6.07) is 20.7. The molecule has 0 unspecified atom stereocenters. The van der Waals surface area contributed by atoms with E-state index in [-0.39, 0.29) is 5.91 Å². The first kappa shape index (κ1) is 22.6. The fourth-order valence-electron chi connectivity index (χ4n) is 2.85. The van der Waals surface area contributed by atoms with Gasteiger partial charge in [0.2, 0.25) is 0 Å². The normalized spacial score (nSPS) is 10.7. The van der Waals surface area contributed by atoms with Gasteiger partial charge in [0.1, 0.15) is 12.4 Å². The smallest absolute Gasteiger partial charge is 0.275 e. The number of carbonyl (C=O) groups is 1. The number of nitrogens with zero attached hydrogens (tertiary/aromatic N) is 1. The van der Waals surface area contributed by atoms with Crippen LogP contribution in [-0.2, 0) is 6.61 Å². The van der Waals surface area contributed by atoms with E-state index < -0.39 is 0 Å². The van der Waals surface area contributed by atoms with Crippen LogP contribution in [0.2, 0.25) is 0 Å². The van der Waals surface area contributed by atoms with Gasteiger partial charge in [-0.3, -0.25) is 4.79 Å². The number of hydrogen-bond donors (Lipinski definition) is 1. The van der Waals surface area contributed by atoms with Crippen molar-refractivity contribution in [2.75, 3.05) is 13.7 Å². The Kier molecular flexibility index (Phi) is 8.28. The zero-order valence-electron chi connectivity index (χ0n) is 17.3. The number of amides is 1. The van der Waals surface area contributed by atoms with E-state index in [1.165, 1.54) is 7.11 Å². The summed E-state index contributed by atoms with van der Waals surface area (Å²) in [5.41, 5.74) is 4.80. The molecule has 0 aliphatic rings. The summed E-state index contributed by atoms with van der Waals surface area (Å²) >= 11 is 2.21. The molecule has 31 heavy (non-hydrogen) atoms. The molecule has 7 heteroatoms. The molecule has 0 spiro atoms. The quantitative estimate of drug-likeness (QED) is 0.239. The second-order valence-electron chi connectivity index (χ2n) is 6.44. The molecular formula is C24H23IN2O4. The first-order valence-electron chi connectivity index (χ1n) is 9.71. The highest BCUT2D eigenvalue weighted by molar-refractivity contribution is 14.1. The largest absolute Gasteiger partial charge is 0.496 e. The van der Waals surface area contributed by atoms with Crippen LogP contribution in [0.5, 0.6) is 17.2 Å². The van der Waals surface area contributed by atoms with Crippen LogP contribution in [0, 0.1) is 3.57 Å². The third-order valence-electron chi connectivity index (χ3n) is 4.29. The maximum Gasteiger partial charge on any atom is 0.275 e. The summed E-state index contributed by atoms with van der Waals surface area (Å²) in [6.07, 6.45) is 1.57. The Morgan fingerprint density at radius 2 is 1.77 bits per heavy atom. The summed E-state index contributed by atoms with van der Waals surface area (Å²) < 4.78 is 17.9. The number of ether oxygens (including phenoxy) is 3. The lowest BCUT2D eigenvalue weighted by Gasteiger charge is -2.14. The highest BCUT2D eigenvalue weighted by Gasteiger charge is 2.13. The van der Waals surface area contributed by atoms with Crippen molar-refractivity contribution in [3.8, 4) is 17.2 Å². The number of hydrogen-bond acceptors (Lipinski definition) is 5. The van der Waals surface area contributed by atoms with E-state index >= 15 is 0 Å². The second kappa shape index (κ2) is 11.4. The number of benzene rings is 3. The number of para-hydroxylation sites is 1. The van der Waals surface area contributed by atoms with Crippen LogP contribution >= 0.6 is 22.6 Å². The van der Waals surface area contributed by atoms with Crippen molar-refractivity contribution in [1.82, 2.24) is 5.43 Å². The van der Waals surface area contributed by atoms with Crippen LogP contribution in [-0.4, -0.2) is 25.8 Å². The van der Waals surface area contributed by atoms with Gasteiger partial charge < -0.3 is 14.2 Å². The highest BCUT2D eigenvalue weighted by Crippen LogP contribution is 2.34. The number of halogens is 1. The number of nitrogens with one attached hydrogen (secondary N) is 1. The van der Waals surface area contributed by atoms with Gasteiger partial charge in [-0.1, -0.05) is 42.5 Å². The number of hydrazone groups is 1. The number of carbonyl (C=O) groups excluding carboxylic acids is 1. The molecule has 0 atom stereocenters. The number of methoxy groups -OCH3 is 1. The molecule has 0 fully saturated rings. The molecular weight excluding hydrogens is 507 g/mol. The second-order valence-corrected chi connectivity index (χ2v) is 7.60. The van der Waals surface area contributed by atoms with E-state index in [1.54, 1.807) is 30.5 Å². The first-order chi connectivity index (χ1) is 15.1. The lowest BCUT2D eigenvalue weighted by molar-refractivity contribution is 0.0952. The van der Waals surface area contributed by atoms with Gasteiger partial charge in [0.25, 0.3) is 5.91 Å². The van der Waals surface area contributed by atoms with Gasteiger partial charge in [-0.25, -0.2) is 5.43 Å². The zero-order chi connectivity index (χ0) is 22.1. The summed E-state index contributed by atoms with van der Waals surface area (Å²) in [6.45, 7) is 2.87. The topological polar surface area (TPSA) is 69.2 Å². The Morgan fingerprint density at radius 3 is 2.52 bits per heavy atom. The van der Waals surface area contributed by atoms with Crippen LogP contribution in [0.15, 0.2) is 71.8 Å². The Hall–Kier alpha value is -3.07. The Labute approximate surface area is 195 Å². The molecule has 160 valence electrons. The van der Waals surface area contributed by atoms with Crippen LogP contribution in [0.25, 0.3) is 0 Å². The van der Waals surface area contributed by atoms with Crippen molar-refractivity contribution in [2.45, 2.75) is 13.5 Å². The lowest BCUT2D eigenvalue weighted by Crippen LogP contribution is -2.18. The van der Waals surface area contributed by atoms with Crippen molar-refractivity contribution in [3.05, 3.63) is 87.0 Å². The van der Waals surface area contributed by atoms with E-state index in [9.17, 15) is 4.79 Å². The minimum absolute atomic E-state index is 0.351. The van der Waals surface area contributed by atoms with E-state index in [4.69, 9.17) is 14.2 Å². The van der Waals surface area contributed by atoms with Crippen molar-refractivity contribution in [3.63, 3.8) is 0 Å². The van der Waals surface area contributed by atoms with Crippen molar-refractivity contribution >= 4 is 34.7 Å². The predicted octanol–water partition coefficient (Wildman–Crippen LogP) is 5.04. The Balaban J connectivity index is 1.73. The fraction of sp³-hybridized carbons (Fsp3) is 0.167. The molecule has 3 aromatic rings. The third-order valence-corrected chi connectivity index (χ3v) is 5.09. The van der Waals surface area contributed by atoms with Gasteiger partial charge in [0.05, 0.1) is 29.1 Å². The zero-order valence-corrected chi connectivity index (χ0v) is 19.5. The molecule has 0 heterocycles. The van der Waals surface area contributed by atoms with Crippen molar-refractivity contribution in [2.24, 2.45) is 5.10 Å². The molecule has 0 aromatic heterocycles. The van der Waals surface area contributed by atoms with Crippen molar-refractivity contribution in [1.29, 1.82) is 0 Å². The van der Waals surface area contributed by atoms with Gasteiger partial charge in [-0.05, 0) is 64.9 Å². The Morgan fingerprint density at radius 1 is 1.03 bits per heavy atom. The van der Waals surface area contributed by atoms with Crippen LogP contribution in [0.4, 0.5) is 0 Å². The number of rotatable bonds is 9. The molecule has 0 radical (unpaired) electrons. The summed E-state index contributed by atoms with van der Waals surface area (Å²) in [5, 5.41) is 4.08. The molecule has 3 aromatic carbocycles. The SMILES string of the molecule is CCOc1cc(/C=N\NC(=O)c2ccccc2OC)cc(I)c1OCc1ccccc1. The van der Waals surface area contributed by atoms with Crippen molar-refractivity contribution < 1.29 is 19.0 Å². The van der Waals surface area contributed by atoms with E-state index in [0.717, 1.165) is 14.7 Å². The average molecular weight is 530 g/mol. The van der Waals surface area contributed by atoms with Gasteiger partial charge in [-0.15, -0.1) is 0 Å². The van der Waals surface area contributed by atoms with Gasteiger partial charge >= 0.3 is 0 Å². The molecule has 0 aliphatic heterocycles.